The van der Waals surface area contributed by atoms with E-state index in [9.17, 15) is 0 Å². The lowest BCUT2D eigenvalue weighted by molar-refractivity contribution is 0.317. The average molecular weight is 249 g/mol. The van der Waals surface area contributed by atoms with Gasteiger partial charge in [0.2, 0.25) is 0 Å². The summed E-state index contributed by atoms with van der Waals surface area (Å²) in [5.74, 6) is 1.36. The molecule has 0 bridgehead atoms. The zero-order valence-corrected chi connectivity index (χ0v) is 11.0. The van der Waals surface area contributed by atoms with Crippen LogP contribution in [0.15, 0.2) is 34.3 Å². The third-order valence-corrected chi connectivity index (χ3v) is 2.22. The molecule has 18 heavy (non-hydrogen) atoms. The molecule has 0 aromatic heterocycles. The minimum absolute atomic E-state index is 0.0851. The number of ether oxygens (including phenoxy) is 2. The van der Waals surface area contributed by atoms with Crippen LogP contribution in [0.1, 0.15) is 18.9 Å². The Morgan fingerprint density at radius 2 is 1.94 bits per heavy atom. The Balaban J connectivity index is 2.83. The number of aliphatic imine (C=N–C) groups is 2. The van der Waals surface area contributed by atoms with Gasteiger partial charge in [-0.1, -0.05) is 6.92 Å². The molecular formula is C13H19N3O2. The van der Waals surface area contributed by atoms with Crippen LogP contribution in [-0.2, 0) is 4.74 Å². The first-order chi connectivity index (χ1) is 8.71. The second kappa shape index (κ2) is 7.32. The van der Waals surface area contributed by atoms with E-state index in [1.807, 2.05) is 24.3 Å². The second-order valence-electron chi connectivity index (χ2n) is 3.57. The normalized spacial score (nSPS) is 12.4. The SMILES string of the molecule is CCCOc1ccc(C(N=C(N)OC)=NC)cc1. The van der Waals surface area contributed by atoms with E-state index in [2.05, 4.69) is 16.9 Å². The molecule has 0 atom stereocenters. The highest BCUT2D eigenvalue weighted by Crippen LogP contribution is 2.13. The molecule has 0 radical (unpaired) electrons. The van der Waals surface area contributed by atoms with Crippen molar-refractivity contribution in [2.75, 3.05) is 20.8 Å². The molecule has 0 spiro atoms. The van der Waals surface area contributed by atoms with Gasteiger partial charge in [0.1, 0.15) is 5.75 Å². The number of nitrogens with zero attached hydrogens (tertiary/aromatic N) is 2. The molecule has 0 fully saturated rings. The standard InChI is InChI=1S/C13H19N3O2/c1-4-9-18-11-7-5-10(6-8-11)12(15-2)16-13(14)17-3/h5-8H,4,9H2,1-3H3,(H2,14,15,16). The van der Waals surface area contributed by atoms with Crippen molar-refractivity contribution < 1.29 is 9.47 Å². The van der Waals surface area contributed by atoms with E-state index >= 15 is 0 Å². The van der Waals surface area contributed by atoms with E-state index in [1.165, 1.54) is 7.11 Å². The van der Waals surface area contributed by atoms with Crippen LogP contribution >= 0.6 is 0 Å². The molecule has 98 valence electrons. The summed E-state index contributed by atoms with van der Waals surface area (Å²) < 4.78 is 10.3. The van der Waals surface area contributed by atoms with Gasteiger partial charge in [0.05, 0.1) is 13.7 Å². The highest BCUT2D eigenvalue weighted by atomic mass is 16.5. The van der Waals surface area contributed by atoms with Crippen molar-refractivity contribution in [2.24, 2.45) is 15.7 Å². The predicted octanol–water partition coefficient (Wildman–Crippen LogP) is 1.81. The highest BCUT2D eigenvalue weighted by Gasteiger charge is 2.03. The maximum atomic E-state index is 5.50. The van der Waals surface area contributed by atoms with Crippen LogP contribution in [0.2, 0.25) is 0 Å². The van der Waals surface area contributed by atoms with Gasteiger partial charge < -0.3 is 15.2 Å². The van der Waals surface area contributed by atoms with Crippen LogP contribution < -0.4 is 10.5 Å². The van der Waals surface area contributed by atoms with E-state index in [4.69, 9.17) is 15.2 Å². The maximum Gasteiger partial charge on any atom is 0.288 e. The zero-order chi connectivity index (χ0) is 13.4. The molecule has 0 aliphatic carbocycles. The lowest BCUT2D eigenvalue weighted by atomic mass is 10.2. The summed E-state index contributed by atoms with van der Waals surface area (Å²) in [5, 5.41) is 0. The number of hydrogen-bond acceptors (Lipinski definition) is 3. The lowest BCUT2D eigenvalue weighted by Crippen LogP contribution is -2.16. The maximum absolute atomic E-state index is 5.50. The van der Waals surface area contributed by atoms with Gasteiger partial charge in [0.15, 0.2) is 5.84 Å². The van der Waals surface area contributed by atoms with Gasteiger partial charge >= 0.3 is 0 Å². The molecule has 0 saturated carbocycles. The van der Waals surface area contributed by atoms with Crippen molar-refractivity contribution in [1.82, 2.24) is 0 Å². The van der Waals surface area contributed by atoms with Gasteiger partial charge in [-0.2, -0.15) is 4.99 Å². The van der Waals surface area contributed by atoms with E-state index in [-0.39, 0.29) is 6.02 Å². The number of amidine groups is 2. The summed E-state index contributed by atoms with van der Waals surface area (Å²) in [6.45, 7) is 2.78. The van der Waals surface area contributed by atoms with Crippen LogP contribution in [0.4, 0.5) is 0 Å². The minimum atomic E-state index is 0.0851. The van der Waals surface area contributed by atoms with Crippen molar-refractivity contribution >= 4 is 11.9 Å². The van der Waals surface area contributed by atoms with Crippen LogP contribution in [-0.4, -0.2) is 32.6 Å². The van der Waals surface area contributed by atoms with Crippen molar-refractivity contribution in [3.8, 4) is 5.75 Å². The molecule has 5 heteroatoms. The van der Waals surface area contributed by atoms with Crippen LogP contribution in [0.3, 0.4) is 0 Å². The van der Waals surface area contributed by atoms with Gasteiger partial charge in [-0.3, -0.25) is 4.99 Å². The molecule has 0 aliphatic rings. The van der Waals surface area contributed by atoms with Gasteiger partial charge in [-0.15, -0.1) is 0 Å². The Morgan fingerprint density at radius 1 is 1.28 bits per heavy atom. The molecule has 0 heterocycles. The fourth-order valence-electron chi connectivity index (χ4n) is 1.31. The van der Waals surface area contributed by atoms with E-state index < -0.39 is 0 Å². The fourth-order valence-corrected chi connectivity index (χ4v) is 1.31. The van der Waals surface area contributed by atoms with Crippen LogP contribution in [0, 0.1) is 0 Å². The highest BCUT2D eigenvalue weighted by molar-refractivity contribution is 6.04. The van der Waals surface area contributed by atoms with Crippen LogP contribution in [0.25, 0.3) is 0 Å². The first-order valence-electron chi connectivity index (χ1n) is 5.79. The Hall–Kier alpha value is -2.04. The minimum Gasteiger partial charge on any atom is -0.494 e. The van der Waals surface area contributed by atoms with Gasteiger partial charge in [-0.25, -0.2) is 0 Å². The largest absolute Gasteiger partial charge is 0.494 e. The predicted molar refractivity (Wildman–Crippen MR) is 73.3 cm³/mol. The molecule has 0 unspecified atom stereocenters. The Kier molecular flexibility index (Phi) is 5.70. The number of rotatable bonds is 4. The molecular weight excluding hydrogens is 230 g/mol. The Morgan fingerprint density at radius 3 is 2.44 bits per heavy atom. The number of benzene rings is 1. The fraction of sp³-hybridized carbons (Fsp3) is 0.385. The van der Waals surface area contributed by atoms with Crippen molar-refractivity contribution in [3.05, 3.63) is 29.8 Å². The lowest BCUT2D eigenvalue weighted by Gasteiger charge is -2.06. The Bertz CT molecular complexity index is 424. The first kappa shape index (κ1) is 14.0. The van der Waals surface area contributed by atoms with Crippen LogP contribution in [0.5, 0.6) is 5.75 Å². The van der Waals surface area contributed by atoms with Gasteiger partial charge in [-0.05, 0) is 30.7 Å². The first-order valence-corrected chi connectivity index (χ1v) is 5.79. The van der Waals surface area contributed by atoms with Crippen molar-refractivity contribution in [1.29, 1.82) is 0 Å². The molecule has 1 rings (SSSR count). The summed E-state index contributed by atoms with van der Waals surface area (Å²) in [7, 11) is 3.12. The van der Waals surface area contributed by atoms with E-state index in [0.29, 0.717) is 12.4 Å². The molecule has 1 aromatic rings. The number of nitrogens with two attached hydrogens (primary N) is 1. The topological polar surface area (TPSA) is 69.2 Å². The summed E-state index contributed by atoms with van der Waals surface area (Å²) in [4.78, 5) is 8.12. The third kappa shape index (κ3) is 4.08. The summed E-state index contributed by atoms with van der Waals surface area (Å²) in [6.07, 6.45) is 0.984. The summed E-state index contributed by atoms with van der Waals surface area (Å²) in [6, 6.07) is 7.63. The number of hydrogen-bond donors (Lipinski definition) is 1. The molecule has 2 N–H and O–H groups in total. The summed E-state index contributed by atoms with van der Waals surface area (Å²) >= 11 is 0. The van der Waals surface area contributed by atoms with Gasteiger partial charge in [0.25, 0.3) is 6.02 Å². The Labute approximate surface area is 107 Å². The molecule has 5 nitrogen and oxygen atoms in total. The van der Waals surface area contributed by atoms with Gasteiger partial charge in [0, 0.05) is 12.6 Å². The molecule has 0 aliphatic heterocycles. The average Bonchev–Trinajstić information content (AvgIpc) is 2.42. The zero-order valence-electron chi connectivity index (χ0n) is 11.0. The smallest absolute Gasteiger partial charge is 0.288 e. The van der Waals surface area contributed by atoms with Crippen molar-refractivity contribution in [2.45, 2.75) is 13.3 Å². The monoisotopic (exact) mass is 249 g/mol. The molecule has 0 amide bonds. The van der Waals surface area contributed by atoms with Crippen molar-refractivity contribution in [3.63, 3.8) is 0 Å². The van der Waals surface area contributed by atoms with E-state index in [1.54, 1.807) is 7.05 Å². The molecule has 1 aromatic carbocycles. The second-order valence-corrected chi connectivity index (χ2v) is 3.57. The van der Waals surface area contributed by atoms with E-state index in [0.717, 1.165) is 17.7 Å². The quantitative estimate of drug-likeness (QED) is 0.653. The number of methoxy groups -OCH3 is 1. The molecule has 0 saturated heterocycles. The third-order valence-electron chi connectivity index (χ3n) is 2.22. The summed E-state index contributed by atoms with van der Waals surface area (Å²) in [5.41, 5.74) is 6.37.